The predicted octanol–water partition coefficient (Wildman–Crippen LogP) is 2.74. The number of anilines is 1. The molecule has 0 fully saturated rings. The molecule has 1 N–H and O–H groups in total. The van der Waals surface area contributed by atoms with E-state index in [-0.39, 0.29) is 23.9 Å². The zero-order valence-electron chi connectivity index (χ0n) is 11.6. The van der Waals surface area contributed by atoms with Crippen LogP contribution in [0.3, 0.4) is 0 Å². The lowest BCUT2D eigenvalue weighted by molar-refractivity contribution is -0.117. The number of carbonyl (C=O) groups is 1. The lowest BCUT2D eigenvalue weighted by Gasteiger charge is -2.12. The van der Waals surface area contributed by atoms with Crippen LogP contribution in [-0.2, 0) is 11.3 Å². The fourth-order valence-corrected chi connectivity index (χ4v) is 1.83. The first-order valence-corrected chi connectivity index (χ1v) is 6.28. The van der Waals surface area contributed by atoms with E-state index < -0.39 is 6.61 Å². The maximum atomic E-state index is 12.3. The summed E-state index contributed by atoms with van der Waals surface area (Å²) in [6.07, 6.45) is 3.34. The average molecular weight is 295 g/mol. The molecule has 0 radical (unpaired) electrons. The molecule has 7 heteroatoms. The minimum absolute atomic E-state index is 0.00407. The summed E-state index contributed by atoms with van der Waals surface area (Å²) in [5, 5.41) is 6.55. The second kappa shape index (κ2) is 6.34. The Hall–Kier alpha value is -2.44. The van der Waals surface area contributed by atoms with E-state index in [1.165, 1.54) is 10.7 Å². The van der Waals surface area contributed by atoms with Gasteiger partial charge in [0.05, 0.1) is 11.9 Å². The van der Waals surface area contributed by atoms with Crippen LogP contribution in [0.2, 0.25) is 0 Å². The van der Waals surface area contributed by atoms with Gasteiger partial charge in [-0.15, -0.1) is 0 Å². The number of carbonyl (C=O) groups excluding carboxylic acids is 1. The highest BCUT2D eigenvalue weighted by atomic mass is 19.3. The number of amides is 1. The fourth-order valence-electron chi connectivity index (χ4n) is 1.83. The summed E-state index contributed by atoms with van der Waals surface area (Å²) < 4.78 is 30.5. The van der Waals surface area contributed by atoms with Gasteiger partial charge in [0, 0.05) is 6.20 Å². The van der Waals surface area contributed by atoms with Crippen LogP contribution in [-0.4, -0.2) is 22.3 Å². The topological polar surface area (TPSA) is 56.1 Å². The second-order valence-electron chi connectivity index (χ2n) is 4.64. The van der Waals surface area contributed by atoms with Gasteiger partial charge < -0.3 is 10.1 Å². The number of aryl methyl sites for hydroxylation is 2. The van der Waals surface area contributed by atoms with E-state index in [1.54, 1.807) is 31.5 Å². The number of hydrogen-bond donors (Lipinski definition) is 1. The minimum atomic E-state index is -2.95. The molecule has 5 nitrogen and oxygen atoms in total. The molecule has 1 aromatic heterocycles. The van der Waals surface area contributed by atoms with E-state index >= 15 is 0 Å². The Balaban J connectivity index is 2.10. The summed E-state index contributed by atoms with van der Waals surface area (Å²) in [6.45, 7) is 0.697. The zero-order chi connectivity index (χ0) is 15.4. The number of halogens is 2. The van der Waals surface area contributed by atoms with Gasteiger partial charge in [0.2, 0.25) is 5.91 Å². The van der Waals surface area contributed by atoms with Crippen molar-refractivity contribution in [2.75, 3.05) is 5.32 Å². The molecule has 0 aliphatic heterocycles. The van der Waals surface area contributed by atoms with E-state index in [9.17, 15) is 13.6 Å². The van der Waals surface area contributed by atoms with Crippen LogP contribution in [0.25, 0.3) is 0 Å². The minimum Gasteiger partial charge on any atom is -0.433 e. The SMILES string of the molecule is Cc1ccc(OC(F)F)c(NC(=O)Cn2cc(C)cn2)c1. The molecule has 0 atom stereocenters. The monoisotopic (exact) mass is 295 g/mol. The Labute approximate surface area is 120 Å². The highest BCUT2D eigenvalue weighted by Gasteiger charge is 2.13. The van der Waals surface area contributed by atoms with E-state index in [0.717, 1.165) is 11.1 Å². The molecule has 1 aromatic carbocycles. The Morgan fingerprint density at radius 2 is 2.14 bits per heavy atom. The van der Waals surface area contributed by atoms with Gasteiger partial charge in [0.25, 0.3) is 0 Å². The molecule has 0 unspecified atom stereocenters. The Morgan fingerprint density at radius 3 is 2.76 bits per heavy atom. The molecule has 21 heavy (non-hydrogen) atoms. The normalized spacial score (nSPS) is 10.7. The van der Waals surface area contributed by atoms with Crippen molar-refractivity contribution in [2.45, 2.75) is 27.0 Å². The standard InChI is InChI=1S/C14H15F2N3O2/c1-9-3-4-12(21-14(15)16)11(5-9)18-13(20)8-19-7-10(2)6-17-19/h3-7,14H,8H2,1-2H3,(H,18,20). The van der Waals surface area contributed by atoms with Crippen molar-refractivity contribution in [2.24, 2.45) is 0 Å². The van der Waals surface area contributed by atoms with E-state index in [1.807, 2.05) is 6.92 Å². The summed E-state index contributed by atoms with van der Waals surface area (Å²) in [7, 11) is 0. The Morgan fingerprint density at radius 1 is 1.38 bits per heavy atom. The number of benzene rings is 1. The molecule has 1 heterocycles. The fraction of sp³-hybridized carbons (Fsp3) is 0.286. The molecule has 0 aliphatic rings. The third-order valence-electron chi connectivity index (χ3n) is 2.69. The van der Waals surface area contributed by atoms with Gasteiger partial charge in [-0.3, -0.25) is 9.48 Å². The summed E-state index contributed by atoms with van der Waals surface area (Å²) in [4.78, 5) is 11.9. The molecule has 2 aromatic rings. The van der Waals surface area contributed by atoms with Crippen molar-refractivity contribution < 1.29 is 18.3 Å². The van der Waals surface area contributed by atoms with Crippen LogP contribution < -0.4 is 10.1 Å². The molecular formula is C14H15F2N3O2. The van der Waals surface area contributed by atoms with Crippen molar-refractivity contribution in [1.29, 1.82) is 0 Å². The van der Waals surface area contributed by atoms with Crippen LogP contribution in [0, 0.1) is 13.8 Å². The largest absolute Gasteiger partial charge is 0.433 e. The third kappa shape index (κ3) is 4.27. The first-order chi connectivity index (χ1) is 9.94. The molecule has 0 aliphatic carbocycles. The molecule has 0 bridgehead atoms. The van der Waals surface area contributed by atoms with Crippen LogP contribution in [0.1, 0.15) is 11.1 Å². The predicted molar refractivity (Wildman–Crippen MR) is 73.4 cm³/mol. The number of ether oxygens (including phenoxy) is 1. The lowest BCUT2D eigenvalue weighted by atomic mass is 10.2. The summed E-state index contributed by atoms with van der Waals surface area (Å²) in [5.41, 5.74) is 1.96. The van der Waals surface area contributed by atoms with Crippen LogP contribution in [0.5, 0.6) is 5.75 Å². The summed E-state index contributed by atoms with van der Waals surface area (Å²) in [6, 6.07) is 4.60. The molecule has 112 valence electrons. The van der Waals surface area contributed by atoms with Crippen LogP contribution in [0.15, 0.2) is 30.6 Å². The van der Waals surface area contributed by atoms with Gasteiger partial charge in [-0.1, -0.05) is 6.07 Å². The molecule has 2 rings (SSSR count). The average Bonchev–Trinajstić information content (AvgIpc) is 2.77. The molecule has 1 amide bonds. The maximum absolute atomic E-state index is 12.3. The number of nitrogens with zero attached hydrogens (tertiary/aromatic N) is 2. The van der Waals surface area contributed by atoms with Crippen molar-refractivity contribution in [3.8, 4) is 5.75 Å². The van der Waals surface area contributed by atoms with Crippen molar-refractivity contribution in [3.63, 3.8) is 0 Å². The highest BCUT2D eigenvalue weighted by molar-refractivity contribution is 5.92. The molecule has 0 spiro atoms. The van der Waals surface area contributed by atoms with Gasteiger partial charge in [-0.2, -0.15) is 13.9 Å². The highest BCUT2D eigenvalue weighted by Crippen LogP contribution is 2.27. The third-order valence-corrected chi connectivity index (χ3v) is 2.69. The van der Waals surface area contributed by atoms with Gasteiger partial charge in [0.1, 0.15) is 12.3 Å². The van der Waals surface area contributed by atoms with Gasteiger partial charge >= 0.3 is 6.61 Å². The second-order valence-corrected chi connectivity index (χ2v) is 4.64. The molecule has 0 saturated heterocycles. The van der Waals surface area contributed by atoms with Crippen LogP contribution in [0.4, 0.5) is 14.5 Å². The Kier molecular flexibility index (Phi) is 4.52. The summed E-state index contributed by atoms with van der Waals surface area (Å²) in [5.74, 6) is -0.441. The summed E-state index contributed by atoms with van der Waals surface area (Å²) >= 11 is 0. The molecule has 0 saturated carbocycles. The maximum Gasteiger partial charge on any atom is 0.387 e. The zero-order valence-corrected chi connectivity index (χ0v) is 11.6. The van der Waals surface area contributed by atoms with E-state index in [0.29, 0.717) is 0 Å². The first-order valence-electron chi connectivity index (χ1n) is 6.28. The number of rotatable bonds is 5. The van der Waals surface area contributed by atoms with Crippen molar-refractivity contribution in [1.82, 2.24) is 9.78 Å². The van der Waals surface area contributed by atoms with Crippen molar-refractivity contribution >= 4 is 11.6 Å². The lowest BCUT2D eigenvalue weighted by Crippen LogP contribution is -2.20. The first kappa shape index (κ1) is 15.0. The number of hydrogen-bond acceptors (Lipinski definition) is 3. The number of nitrogens with one attached hydrogen (secondary N) is 1. The van der Waals surface area contributed by atoms with Crippen LogP contribution >= 0.6 is 0 Å². The quantitative estimate of drug-likeness (QED) is 0.922. The van der Waals surface area contributed by atoms with Gasteiger partial charge in [-0.05, 0) is 37.1 Å². The van der Waals surface area contributed by atoms with Crippen molar-refractivity contribution in [3.05, 3.63) is 41.7 Å². The number of aromatic nitrogens is 2. The molecular weight excluding hydrogens is 280 g/mol. The smallest absolute Gasteiger partial charge is 0.387 e. The van der Waals surface area contributed by atoms with E-state index in [4.69, 9.17) is 0 Å². The Bertz CT molecular complexity index is 641. The van der Waals surface area contributed by atoms with Gasteiger partial charge in [0.15, 0.2) is 0 Å². The number of alkyl halides is 2. The van der Waals surface area contributed by atoms with Gasteiger partial charge in [-0.25, -0.2) is 0 Å². The van der Waals surface area contributed by atoms with E-state index in [2.05, 4.69) is 15.2 Å².